The molecular weight excluding hydrogens is 483 g/mol. The van der Waals surface area contributed by atoms with E-state index in [2.05, 4.69) is 82.3 Å². The third-order valence-electron chi connectivity index (χ3n) is 9.53. The van der Waals surface area contributed by atoms with Gasteiger partial charge in [0.05, 0.1) is 5.30 Å². The van der Waals surface area contributed by atoms with Crippen LogP contribution >= 0.6 is 8.38 Å². The van der Waals surface area contributed by atoms with Crippen molar-refractivity contribution in [2.24, 2.45) is 0 Å². The summed E-state index contributed by atoms with van der Waals surface area (Å²) in [6.07, 6.45) is 13.7. The lowest BCUT2D eigenvalue weighted by Crippen LogP contribution is -2.28. The normalized spacial score (nSPS) is 20.7. The Kier molecular flexibility index (Phi) is 7.06. The van der Waals surface area contributed by atoms with Crippen molar-refractivity contribution in [1.82, 2.24) is 0 Å². The van der Waals surface area contributed by atoms with Gasteiger partial charge in [0.25, 0.3) is 0 Å². The number of fused-ring (bicyclic) bond motifs is 2. The van der Waals surface area contributed by atoms with Gasteiger partial charge in [0.1, 0.15) is 11.5 Å². The second-order valence-corrected chi connectivity index (χ2v) is 14.2. The topological polar surface area (TPSA) is 18.5 Å². The fraction of sp³-hybridized carbons (Fsp3) is 0.486. The molecule has 38 heavy (non-hydrogen) atoms. The Labute approximate surface area is 231 Å². The summed E-state index contributed by atoms with van der Waals surface area (Å²) in [5, 5.41) is 1.14. The van der Waals surface area contributed by atoms with Gasteiger partial charge >= 0.3 is 8.38 Å². The largest absolute Gasteiger partial charge is 0.435 e. The van der Waals surface area contributed by atoms with E-state index >= 15 is 0 Å². The van der Waals surface area contributed by atoms with Crippen LogP contribution in [-0.4, -0.2) is 0 Å². The first-order chi connectivity index (χ1) is 18.3. The highest BCUT2D eigenvalue weighted by Gasteiger charge is 2.38. The summed E-state index contributed by atoms with van der Waals surface area (Å²) in [6.45, 7) is 9.46. The standard InChI is InChI=1S/C35H43O2P/c1-25-20-27-24-28-21-26(2)23-31(35(4)18-12-7-13-19-35)33(28)37-38(29-14-8-5-9-15-29)36-32(27)30(22-25)34(3)16-10-6-11-17-34/h5,8-9,14-15,20-23H,6-7,10-13,16-19,24H2,1-4H3. The SMILES string of the molecule is Cc1cc2c(c(C3(C)CCCCC3)c1)OP(c1ccccc1)Oc1c(cc(C)cc1C1(C)CCCCC1)C2. The Morgan fingerprint density at radius 1 is 0.605 bits per heavy atom. The molecule has 2 fully saturated rings. The van der Waals surface area contributed by atoms with Crippen LogP contribution in [0.2, 0.25) is 0 Å². The van der Waals surface area contributed by atoms with Gasteiger partial charge in [0, 0.05) is 17.5 Å². The fourth-order valence-corrected chi connectivity index (χ4v) is 8.75. The molecule has 0 amide bonds. The zero-order valence-corrected chi connectivity index (χ0v) is 24.6. The van der Waals surface area contributed by atoms with Crippen molar-refractivity contribution >= 4 is 13.7 Å². The Balaban J connectivity index is 1.56. The molecule has 1 aliphatic heterocycles. The molecule has 0 atom stereocenters. The second kappa shape index (κ2) is 10.3. The number of hydrogen-bond donors (Lipinski definition) is 0. The third-order valence-corrected chi connectivity index (χ3v) is 10.9. The minimum Gasteiger partial charge on any atom is -0.435 e. The van der Waals surface area contributed by atoms with Gasteiger partial charge in [-0.2, -0.15) is 0 Å². The molecule has 0 aromatic heterocycles. The van der Waals surface area contributed by atoms with Crippen LogP contribution in [0.3, 0.4) is 0 Å². The second-order valence-electron chi connectivity index (χ2n) is 12.8. The lowest BCUT2D eigenvalue weighted by Gasteiger charge is -2.39. The van der Waals surface area contributed by atoms with Crippen molar-refractivity contribution in [3.8, 4) is 11.5 Å². The van der Waals surface area contributed by atoms with E-state index in [1.54, 1.807) is 0 Å². The minimum absolute atomic E-state index is 0.154. The summed E-state index contributed by atoms with van der Waals surface area (Å²) in [5.74, 6) is 2.18. The summed E-state index contributed by atoms with van der Waals surface area (Å²) in [7, 11) is -1.32. The highest BCUT2D eigenvalue weighted by molar-refractivity contribution is 7.56. The molecule has 200 valence electrons. The molecule has 2 nitrogen and oxygen atoms in total. The molecule has 0 spiro atoms. The Morgan fingerprint density at radius 3 is 1.50 bits per heavy atom. The molecule has 3 aliphatic rings. The zero-order chi connectivity index (χ0) is 26.3. The van der Waals surface area contributed by atoms with E-state index in [1.807, 2.05) is 0 Å². The summed E-state index contributed by atoms with van der Waals surface area (Å²) < 4.78 is 14.3. The molecule has 0 N–H and O–H groups in total. The van der Waals surface area contributed by atoms with Gasteiger partial charge in [-0.1, -0.05) is 106 Å². The average Bonchev–Trinajstić information content (AvgIpc) is 2.90. The molecule has 0 radical (unpaired) electrons. The summed E-state index contributed by atoms with van der Waals surface area (Å²) in [5.41, 5.74) is 8.43. The Hall–Kier alpha value is -2.31. The van der Waals surface area contributed by atoms with E-state index in [0.29, 0.717) is 0 Å². The molecule has 2 aliphatic carbocycles. The van der Waals surface area contributed by atoms with E-state index in [0.717, 1.165) is 23.2 Å². The lowest BCUT2D eigenvalue weighted by molar-refractivity contribution is 0.309. The Morgan fingerprint density at radius 2 is 1.05 bits per heavy atom. The summed E-state index contributed by atoms with van der Waals surface area (Å²) >= 11 is 0. The minimum atomic E-state index is -1.32. The molecule has 1 heterocycles. The zero-order valence-electron chi connectivity index (χ0n) is 23.7. The van der Waals surface area contributed by atoms with Crippen molar-refractivity contribution in [3.05, 3.63) is 88.0 Å². The van der Waals surface area contributed by atoms with Gasteiger partial charge in [0.15, 0.2) is 0 Å². The van der Waals surface area contributed by atoms with Crippen LogP contribution in [-0.2, 0) is 17.3 Å². The van der Waals surface area contributed by atoms with E-state index in [9.17, 15) is 0 Å². The predicted molar refractivity (Wildman–Crippen MR) is 160 cm³/mol. The van der Waals surface area contributed by atoms with E-state index in [-0.39, 0.29) is 10.8 Å². The van der Waals surface area contributed by atoms with E-state index < -0.39 is 8.38 Å². The molecular formula is C35H43O2P. The van der Waals surface area contributed by atoms with Crippen molar-refractivity contribution in [3.63, 3.8) is 0 Å². The van der Waals surface area contributed by atoms with Crippen LogP contribution in [0, 0.1) is 13.8 Å². The van der Waals surface area contributed by atoms with Crippen LogP contribution in [0.5, 0.6) is 11.5 Å². The molecule has 6 rings (SSSR count). The molecule has 3 aromatic carbocycles. The first kappa shape index (κ1) is 25.9. The fourth-order valence-electron chi connectivity index (χ4n) is 7.32. The molecule has 3 aromatic rings. The molecule has 3 heteroatoms. The number of aryl methyl sites for hydroxylation is 2. The lowest BCUT2D eigenvalue weighted by atomic mass is 9.69. The first-order valence-electron chi connectivity index (χ1n) is 14.8. The van der Waals surface area contributed by atoms with Crippen LogP contribution in [0.25, 0.3) is 0 Å². The first-order valence-corrected chi connectivity index (χ1v) is 16.0. The highest BCUT2D eigenvalue weighted by Crippen LogP contribution is 2.54. The van der Waals surface area contributed by atoms with Gasteiger partial charge in [-0.3, -0.25) is 0 Å². The smallest absolute Gasteiger partial charge is 0.326 e. The number of benzene rings is 3. The number of rotatable bonds is 3. The third kappa shape index (κ3) is 4.90. The summed E-state index contributed by atoms with van der Waals surface area (Å²) in [4.78, 5) is 0. The van der Waals surface area contributed by atoms with E-state index in [1.165, 1.54) is 97.6 Å². The van der Waals surface area contributed by atoms with Gasteiger partial charge in [0.2, 0.25) is 0 Å². The maximum atomic E-state index is 7.13. The molecule has 0 unspecified atom stereocenters. The van der Waals surface area contributed by atoms with Gasteiger partial charge < -0.3 is 9.05 Å². The maximum Gasteiger partial charge on any atom is 0.326 e. The van der Waals surface area contributed by atoms with Crippen LogP contribution in [0.4, 0.5) is 0 Å². The van der Waals surface area contributed by atoms with Crippen molar-refractivity contribution in [2.45, 2.75) is 109 Å². The average molecular weight is 527 g/mol. The van der Waals surface area contributed by atoms with Crippen LogP contribution in [0.15, 0.2) is 54.6 Å². The number of hydrogen-bond acceptors (Lipinski definition) is 2. The highest BCUT2D eigenvalue weighted by atomic mass is 31.2. The van der Waals surface area contributed by atoms with Crippen LogP contribution in [0.1, 0.15) is 111 Å². The summed E-state index contributed by atoms with van der Waals surface area (Å²) in [6, 6.07) is 20.3. The quantitative estimate of drug-likeness (QED) is 0.316. The molecule has 0 saturated heterocycles. The van der Waals surface area contributed by atoms with Gasteiger partial charge in [-0.05, 0) is 73.6 Å². The Bertz CT molecular complexity index is 1220. The molecule has 0 bridgehead atoms. The van der Waals surface area contributed by atoms with Gasteiger partial charge in [-0.25, -0.2) is 0 Å². The van der Waals surface area contributed by atoms with Crippen LogP contribution < -0.4 is 14.4 Å². The predicted octanol–water partition coefficient (Wildman–Crippen LogP) is 9.75. The molecule has 2 saturated carbocycles. The monoisotopic (exact) mass is 526 g/mol. The van der Waals surface area contributed by atoms with Crippen molar-refractivity contribution in [1.29, 1.82) is 0 Å². The van der Waals surface area contributed by atoms with Gasteiger partial charge in [-0.15, -0.1) is 0 Å². The maximum absolute atomic E-state index is 7.13. The van der Waals surface area contributed by atoms with Crippen molar-refractivity contribution in [2.75, 3.05) is 0 Å². The van der Waals surface area contributed by atoms with Crippen molar-refractivity contribution < 1.29 is 9.05 Å². The van der Waals surface area contributed by atoms with E-state index in [4.69, 9.17) is 9.05 Å².